The maximum atomic E-state index is 10.3. The number of thiophene rings is 1. The van der Waals surface area contributed by atoms with Crippen molar-refractivity contribution >= 4 is 27.3 Å². The van der Waals surface area contributed by atoms with Gasteiger partial charge >= 0.3 is 0 Å². The van der Waals surface area contributed by atoms with Gasteiger partial charge in [-0.05, 0) is 52.1 Å². The lowest BCUT2D eigenvalue weighted by Gasteiger charge is -2.31. The quantitative estimate of drug-likeness (QED) is 0.858. The summed E-state index contributed by atoms with van der Waals surface area (Å²) in [7, 11) is 0. The predicted molar refractivity (Wildman–Crippen MR) is 77.5 cm³/mol. The van der Waals surface area contributed by atoms with Gasteiger partial charge in [-0.15, -0.1) is 11.3 Å². The van der Waals surface area contributed by atoms with Gasteiger partial charge in [-0.3, -0.25) is 0 Å². The molecule has 1 fully saturated rings. The van der Waals surface area contributed by atoms with E-state index in [4.69, 9.17) is 0 Å². The molecule has 0 amide bonds. The van der Waals surface area contributed by atoms with E-state index >= 15 is 0 Å². The summed E-state index contributed by atoms with van der Waals surface area (Å²) in [4.78, 5) is 1.29. The Kier molecular flexibility index (Phi) is 5.07. The van der Waals surface area contributed by atoms with E-state index in [2.05, 4.69) is 34.3 Å². The van der Waals surface area contributed by atoms with Crippen molar-refractivity contribution in [2.45, 2.75) is 51.6 Å². The minimum Gasteiger partial charge on any atom is -0.392 e. The van der Waals surface area contributed by atoms with Gasteiger partial charge in [0, 0.05) is 15.8 Å². The Hall–Kier alpha value is 0.140. The second-order valence-electron chi connectivity index (χ2n) is 5.15. The fourth-order valence-electron chi connectivity index (χ4n) is 2.81. The van der Waals surface area contributed by atoms with Gasteiger partial charge in [0.2, 0.25) is 0 Å². The van der Waals surface area contributed by atoms with Gasteiger partial charge in [0.05, 0.1) is 6.10 Å². The zero-order chi connectivity index (χ0) is 12.3. The molecule has 1 unspecified atom stereocenters. The van der Waals surface area contributed by atoms with Crippen molar-refractivity contribution in [2.24, 2.45) is 11.8 Å². The van der Waals surface area contributed by atoms with Crippen molar-refractivity contribution in [3.05, 3.63) is 20.8 Å². The standard InChI is InChI=1S/C14H21BrOS/c1-2-10-3-5-11(6-4-10)13(16)9-14-12(15)7-8-17-14/h7-8,10-11,13,16H,2-6,9H2,1H3. The molecule has 1 aromatic heterocycles. The summed E-state index contributed by atoms with van der Waals surface area (Å²) in [5, 5.41) is 12.4. The van der Waals surface area contributed by atoms with Crippen LogP contribution in [0.4, 0.5) is 0 Å². The maximum absolute atomic E-state index is 10.3. The molecule has 0 aliphatic heterocycles. The van der Waals surface area contributed by atoms with E-state index < -0.39 is 0 Å². The Labute approximate surface area is 116 Å². The molecule has 0 bridgehead atoms. The maximum Gasteiger partial charge on any atom is 0.0616 e. The molecule has 1 saturated carbocycles. The summed E-state index contributed by atoms with van der Waals surface area (Å²) in [6.45, 7) is 2.28. The molecule has 1 atom stereocenters. The summed E-state index contributed by atoms with van der Waals surface area (Å²) in [6.07, 6.45) is 7.01. The molecule has 2 rings (SSSR count). The van der Waals surface area contributed by atoms with Crippen LogP contribution in [0.25, 0.3) is 0 Å². The molecule has 1 nitrogen and oxygen atoms in total. The normalized spacial score (nSPS) is 27.0. The molecule has 3 heteroatoms. The van der Waals surface area contributed by atoms with Gasteiger partial charge in [0.1, 0.15) is 0 Å². The lowest BCUT2D eigenvalue weighted by Crippen LogP contribution is -2.27. The van der Waals surface area contributed by atoms with Crippen molar-refractivity contribution in [2.75, 3.05) is 0 Å². The van der Waals surface area contributed by atoms with Crippen molar-refractivity contribution in [3.63, 3.8) is 0 Å². The minimum atomic E-state index is -0.150. The van der Waals surface area contributed by atoms with E-state index in [0.29, 0.717) is 5.92 Å². The number of halogens is 1. The summed E-state index contributed by atoms with van der Waals surface area (Å²) in [6, 6.07) is 2.07. The number of hydrogen-bond donors (Lipinski definition) is 1. The van der Waals surface area contributed by atoms with Crippen LogP contribution in [-0.2, 0) is 6.42 Å². The first-order valence-corrected chi connectivity index (χ1v) is 8.28. The van der Waals surface area contributed by atoms with E-state index in [0.717, 1.165) is 16.8 Å². The van der Waals surface area contributed by atoms with E-state index in [-0.39, 0.29) is 6.10 Å². The molecule has 1 aromatic rings. The van der Waals surface area contributed by atoms with Gasteiger partial charge in [-0.1, -0.05) is 26.2 Å². The zero-order valence-corrected chi connectivity index (χ0v) is 12.8. The largest absolute Gasteiger partial charge is 0.392 e. The average Bonchev–Trinajstić information content (AvgIpc) is 2.75. The average molecular weight is 317 g/mol. The zero-order valence-electron chi connectivity index (χ0n) is 10.4. The Morgan fingerprint density at radius 1 is 1.41 bits per heavy atom. The second kappa shape index (κ2) is 6.35. The molecule has 0 spiro atoms. The fourth-order valence-corrected chi connectivity index (χ4v) is 4.37. The number of aliphatic hydroxyl groups excluding tert-OH is 1. The summed E-state index contributed by atoms with van der Waals surface area (Å²) < 4.78 is 1.16. The third kappa shape index (κ3) is 3.55. The van der Waals surface area contributed by atoms with Crippen molar-refractivity contribution in [1.29, 1.82) is 0 Å². The monoisotopic (exact) mass is 316 g/mol. The highest BCUT2D eigenvalue weighted by atomic mass is 79.9. The topological polar surface area (TPSA) is 20.2 Å². The van der Waals surface area contributed by atoms with Crippen LogP contribution < -0.4 is 0 Å². The lowest BCUT2D eigenvalue weighted by molar-refractivity contribution is 0.0740. The first-order valence-electron chi connectivity index (χ1n) is 6.60. The molecule has 1 N–H and O–H groups in total. The summed E-state index contributed by atoms with van der Waals surface area (Å²) in [5.74, 6) is 1.43. The summed E-state index contributed by atoms with van der Waals surface area (Å²) in [5.41, 5.74) is 0. The van der Waals surface area contributed by atoms with E-state index in [1.807, 2.05) is 0 Å². The van der Waals surface area contributed by atoms with Crippen LogP contribution in [0.2, 0.25) is 0 Å². The van der Waals surface area contributed by atoms with Crippen LogP contribution in [-0.4, -0.2) is 11.2 Å². The van der Waals surface area contributed by atoms with Gasteiger partial charge in [-0.25, -0.2) is 0 Å². The fraction of sp³-hybridized carbons (Fsp3) is 0.714. The Balaban J connectivity index is 1.85. The van der Waals surface area contributed by atoms with E-state index in [9.17, 15) is 5.11 Å². The Bertz CT molecular complexity index is 342. The van der Waals surface area contributed by atoms with Crippen LogP contribution in [0.15, 0.2) is 15.9 Å². The van der Waals surface area contributed by atoms with Gasteiger partial charge in [-0.2, -0.15) is 0 Å². The van der Waals surface area contributed by atoms with Crippen molar-refractivity contribution in [3.8, 4) is 0 Å². The third-order valence-electron chi connectivity index (χ3n) is 4.10. The van der Waals surface area contributed by atoms with Gasteiger partial charge < -0.3 is 5.11 Å². The molecule has 96 valence electrons. The number of rotatable bonds is 4. The van der Waals surface area contributed by atoms with Crippen molar-refractivity contribution < 1.29 is 5.11 Å². The Morgan fingerprint density at radius 2 is 2.12 bits per heavy atom. The molecule has 1 aliphatic carbocycles. The SMILES string of the molecule is CCC1CCC(C(O)Cc2sccc2Br)CC1. The minimum absolute atomic E-state index is 0.150. The smallest absolute Gasteiger partial charge is 0.0616 e. The van der Waals surface area contributed by atoms with Crippen LogP contribution in [0, 0.1) is 11.8 Å². The van der Waals surface area contributed by atoms with Crippen LogP contribution in [0.1, 0.15) is 43.9 Å². The van der Waals surface area contributed by atoms with E-state index in [1.165, 1.54) is 37.0 Å². The molecule has 0 aromatic carbocycles. The first-order chi connectivity index (χ1) is 8.20. The molecule has 0 radical (unpaired) electrons. The molecular formula is C14H21BrOS. The molecule has 1 heterocycles. The lowest BCUT2D eigenvalue weighted by atomic mass is 9.78. The number of hydrogen-bond acceptors (Lipinski definition) is 2. The molecule has 17 heavy (non-hydrogen) atoms. The first kappa shape index (κ1) is 13.6. The number of aliphatic hydroxyl groups is 1. The third-order valence-corrected chi connectivity index (χ3v) is 6.05. The predicted octanol–water partition coefficient (Wildman–Crippen LogP) is 4.63. The molecule has 0 saturated heterocycles. The highest BCUT2D eigenvalue weighted by molar-refractivity contribution is 9.10. The van der Waals surface area contributed by atoms with Crippen LogP contribution in [0.5, 0.6) is 0 Å². The highest BCUT2D eigenvalue weighted by Crippen LogP contribution is 2.34. The van der Waals surface area contributed by atoms with E-state index in [1.54, 1.807) is 11.3 Å². The van der Waals surface area contributed by atoms with Crippen LogP contribution >= 0.6 is 27.3 Å². The van der Waals surface area contributed by atoms with Crippen molar-refractivity contribution in [1.82, 2.24) is 0 Å². The van der Waals surface area contributed by atoms with Gasteiger partial charge in [0.25, 0.3) is 0 Å². The second-order valence-corrected chi connectivity index (χ2v) is 7.01. The van der Waals surface area contributed by atoms with Gasteiger partial charge in [0.15, 0.2) is 0 Å². The highest BCUT2D eigenvalue weighted by Gasteiger charge is 2.26. The van der Waals surface area contributed by atoms with Crippen LogP contribution in [0.3, 0.4) is 0 Å². The summed E-state index contributed by atoms with van der Waals surface area (Å²) >= 11 is 5.28. The Morgan fingerprint density at radius 3 is 2.65 bits per heavy atom. The molecule has 1 aliphatic rings. The molecular weight excluding hydrogens is 296 g/mol.